The zero-order valence-corrected chi connectivity index (χ0v) is 11.5. The molecule has 0 aliphatic rings. The van der Waals surface area contributed by atoms with Crippen molar-refractivity contribution in [1.82, 2.24) is 19.9 Å². The third kappa shape index (κ3) is 2.32. The summed E-state index contributed by atoms with van der Waals surface area (Å²) >= 11 is 9.04. The van der Waals surface area contributed by atoms with Gasteiger partial charge >= 0.3 is 0 Å². The van der Waals surface area contributed by atoms with Crippen LogP contribution < -0.4 is 5.32 Å². The maximum Gasteiger partial charge on any atom is 0.293 e. The Hall–Kier alpha value is -1.93. The summed E-state index contributed by atoms with van der Waals surface area (Å²) in [5, 5.41) is 2.66. The van der Waals surface area contributed by atoms with Crippen LogP contribution in [-0.4, -0.2) is 25.8 Å². The van der Waals surface area contributed by atoms with Gasteiger partial charge in [0.1, 0.15) is 5.52 Å². The van der Waals surface area contributed by atoms with Crippen LogP contribution in [-0.2, 0) is 0 Å². The SMILES string of the molecule is O=C(Nc1nc(Cl)c2[nH]cnc2n1)c1ccc(Br)o1. The minimum atomic E-state index is -0.475. The summed E-state index contributed by atoms with van der Waals surface area (Å²) in [5.74, 6) is -0.285. The van der Waals surface area contributed by atoms with E-state index in [1.54, 1.807) is 6.07 Å². The molecule has 0 bridgehead atoms. The Kier molecular flexibility index (Phi) is 2.96. The highest BCUT2D eigenvalue weighted by atomic mass is 79.9. The maximum atomic E-state index is 11.8. The van der Waals surface area contributed by atoms with E-state index in [9.17, 15) is 4.79 Å². The first-order valence-corrected chi connectivity index (χ1v) is 6.24. The van der Waals surface area contributed by atoms with E-state index in [0.717, 1.165) is 0 Å². The Morgan fingerprint density at radius 1 is 1.42 bits per heavy atom. The topological polar surface area (TPSA) is 96.7 Å². The summed E-state index contributed by atoms with van der Waals surface area (Å²) in [4.78, 5) is 26.6. The van der Waals surface area contributed by atoms with Gasteiger partial charge in [0.05, 0.1) is 6.33 Å². The molecule has 0 saturated heterocycles. The minimum Gasteiger partial charge on any atom is -0.444 e. The average molecular weight is 343 g/mol. The van der Waals surface area contributed by atoms with Gasteiger partial charge in [-0.3, -0.25) is 10.1 Å². The number of rotatable bonds is 2. The van der Waals surface area contributed by atoms with Crippen molar-refractivity contribution in [2.24, 2.45) is 0 Å². The number of hydrogen-bond donors (Lipinski definition) is 2. The number of furan rings is 1. The van der Waals surface area contributed by atoms with Crippen LogP contribution in [0, 0.1) is 0 Å². The molecule has 3 aromatic rings. The molecule has 0 aromatic carbocycles. The van der Waals surface area contributed by atoms with Crippen LogP contribution >= 0.6 is 27.5 Å². The van der Waals surface area contributed by atoms with Gasteiger partial charge in [0, 0.05) is 0 Å². The maximum absolute atomic E-state index is 11.8. The van der Waals surface area contributed by atoms with Crippen LogP contribution in [0.5, 0.6) is 0 Å². The van der Waals surface area contributed by atoms with E-state index in [0.29, 0.717) is 15.8 Å². The molecule has 2 N–H and O–H groups in total. The first kappa shape index (κ1) is 12.1. The van der Waals surface area contributed by atoms with Gasteiger partial charge in [-0.25, -0.2) is 4.98 Å². The molecule has 1 amide bonds. The molecule has 0 aliphatic heterocycles. The minimum absolute atomic E-state index is 0.0575. The van der Waals surface area contributed by atoms with Crippen LogP contribution in [0.25, 0.3) is 11.2 Å². The first-order chi connectivity index (χ1) is 9.13. The molecule has 0 spiro atoms. The molecule has 0 saturated carbocycles. The lowest BCUT2D eigenvalue weighted by Crippen LogP contribution is -2.13. The van der Waals surface area contributed by atoms with Gasteiger partial charge in [0.2, 0.25) is 5.95 Å². The number of imidazole rings is 1. The second kappa shape index (κ2) is 4.63. The van der Waals surface area contributed by atoms with Crippen molar-refractivity contribution in [2.45, 2.75) is 0 Å². The molecule has 19 heavy (non-hydrogen) atoms. The van der Waals surface area contributed by atoms with Crippen molar-refractivity contribution in [3.63, 3.8) is 0 Å². The van der Waals surface area contributed by atoms with Crippen LogP contribution in [0.4, 0.5) is 5.95 Å². The smallest absolute Gasteiger partial charge is 0.293 e. The second-order valence-corrected chi connectivity index (χ2v) is 4.64. The van der Waals surface area contributed by atoms with E-state index >= 15 is 0 Å². The van der Waals surface area contributed by atoms with Crippen molar-refractivity contribution in [2.75, 3.05) is 5.32 Å². The number of nitrogens with one attached hydrogen (secondary N) is 2. The fourth-order valence-electron chi connectivity index (χ4n) is 1.45. The van der Waals surface area contributed by atoms with Crippen molar-refractivity contribution >= 4 is 50.6 Å². The number of fused-ring (bicyclic) bond motifs is 1. The van der Waals surface area contributed by atoms with Crippen molar-refractivity contribution in [3.8, 4) is 0 Å². The predicted octanol–water partition coefficient (Wildman–Crippen LogP) is 2.61. The van der Waals surface area contributed by atoms with Gasteiger partial charge in [-0.2, -0.15) is 9.97 Å². The van der Waals surface area contributed by atoms with E-state index in [2.05, 4.69) is 41.2 Å². The Bertz CT molecular complexity index is 768. The molecule has 3 heterocycles. The molecular weight excluding hydrogens is 338 g/mol. The predicted molar refractivity (Wildman–Crippen MR) is 71.1 cm³/mol. The third-order valence-electron chi connectivity index (χ3n) is 2.26. The summed E-state index contributed by atoms with van der Waals surface area (Å²) in [7, 11) is 0. The highest BCUT2D eigenvalue weighted by Crippen LogP contribution is 2.19. The number of hydrogen-bond acceptors (Lipinski definition) is 5. The number of amides is 1. The van der Waals surface area contributed by atoms with Crippen LogP contribution in [0.2, 0.25) is 5.15 Å². The summed E-state index contributed by atoms with van der Waals surface area (Å²) in [6.45, 7) is 0. The van der Waals surface area contributed by atoms with Crippen molar-refractivity contribution < 1.29 is 9.21 Å². The lowest BCUT2D eigenvalue weighted by atomic mass is 10.4. The Morgan fingerprint density at radius 3 is 3.00 bits per heavy atom. The zero-order chi connectivity index (χ0) is 13.4. The highest BCUT2D eigenvalue weighted by Gasteiger charge is 2.14. The molecule has 0 atom stereocenters. The van der Waals surface area contributed by atoms with Gasteiger partial charge in [-0.1, -0.05) is 11.6 Å². The standard InChI is InChI=1S/C10H5BrClN5O2/c11-5-2-1-4(19-5)9(18)17-10-15-7(12)6-8(16-10)14-3-13-6/h1-3H,(H2,13,14,15,16,17,18). The summed E-state index contributed by atoms with van der Waals surface area (Å²) in [6.07, 6.45) is 1.44. The zero-order valence-electron chi connectivity index (χ0n) is 9.15. The average Bonchev–Trinajstić information content (AvgIpc) is 2.97. The number of aromatic nitrogens is 4. The van der Waals surface area contributed by atoms with E-state index in [4.69, 9.17) is 16.0 Å². The number of halogens is 2. The number of aromatic amines is 1. The summed E-state index contributed by atoms with van der Waals surface area (Å²) in [6, 6.07) is 3.13. The van der Waals surface area contributed by atoms with Gasteiger partial charge in [-0.15, -0.1) is 0 Å². The van der Waals surface area contributed by atoms with Crippen molar-refractivity contribution in [3.05, 3.63) is 34.0 Å². The largest absolute Gasteiger partial charge is 0.444 e. The molecule has 3 rings (SSSR count). The first-order valence-electron chi connectivity index (χ1n) is 5.07. The Labute approximate surface area is 119 Å². The van der Waals surface area contributed by atoms with E-state index in [-0.39, 0.29) is 16.9 Å². The third-order valence-corrected chi connectivity index (χ3v) is 2.96. The van der Waals surface area contributed by atoms with Gasteiger partial charge in [-0.05, 0) is 28.1 Å². The van der Waals surface area contributed by atoms with Crippen LogP contribution in [0.3, 0.4) is 0 Å². The molecule has 9 heteroatoms. The van der Waals surface area contributed by atoms with Crippen molar-refractivity contribution in [1.29, 1.82) is 0 Å². The second-order valence-electron chi connectivity index (χ2n) is 3.50. The quantitative estimate of drug-likeness (QED) is 0.698. The van der Waals surface area contributed by atoms with E-state index in [1.807, 2.05) is 0 Å². The monoisotopic (exact) mass is 341 g/mol. The van der Waals surface area contributed by atoms with E-state index < -0.39 is 5.91 Å². The number of H-pyrrole nitrogens is 1. The lowest BCUT2D eigenvalue weighted by molar-refractivity contribution is 0.0994. The molecule has 0 unspecified atom stereocenters. The van der Waals surface area contributed by atoms with Gasteiger partial charge < -0.3 is 9.40 Å². The Balaban J connectivity index is 1.90. The van der Waals surface area contributed by atoms with Crippen LogP contribution in [0.1, 0.15) is 10.6 Å². The van der Waals surface area contributed by atoms with Crippen LogP contribution in [0.15, 0.2) is 27.5 Å². The molecular formula is C10H5BrClN5O2. The van der Waals surface area contributed by atoms with Gasteiger partial charge in [0.25, 0.3) is 5.91 Å². The van der Waals surface area contributed by atoms with Gasteiger partial charge in [0.15, 0.2) is 21.2 Å². The fraction of sp³-hybridized carbons (Fsp3) is 0. The number of carbonyl (C=O) groups is 1. The normalized spacial score (nSPS) is 10.8. The molecule has 7 nitrogen and oxygen atoms in total. The number of anilines is 1. The summed E-state index contributed by atoms with van der Waals surface area (Å²) < 4.78 is 5.57. The molecule has 3 aromatic heterocycles. The Morgan fingerprint density at radius 2 is 2.26 bits per heavy atom. The number of carbonyl (C=O) groups excluding carboxylic acids is 1. The van der Waals surface area contributed by atoms with E-state index in [1.165, 1.54) is 12.4 Å². The molecule has 96 valence electrons. The highest BCUT2D eigenvalue weighted by molar-refractivity contribution is 9.10. The molecule has 0 aliphatic carbocycles. The lowest BCUT2D eigenvalue weighted by Gasteiger charge is -2.01. The summed E-state index contributed by atoms with van der Waals surface area (Å²) in [5.41, 5.74) is 0.885. The number of nitrogens with zero attached hydrogens (tertiary/aromatic N) is 3. The molecule has 0 radical (unpaired) electrons. The fourth-order valence-corrected chi connectivity index (χ4v) is 1.98. The molecule has 0 fully saturated rings.